The number of aryl methyl sites for hydroxylation is 1. The average Bonchev–Trinajstić information content (AvgIpc) is 2.11. The Bertz CT molecular complexity index is 331. The van der Waals surface area contributed by atoms with E-state index in [4.69, 9.17) is 5.73 Å². The number of nitrogens with zero attached hydrogens (tertiary/aromatic N) is 1. The quantitative estimate of drug-likeness (QED) is 0.543. The molecule has 2 N–H and O–H groups in total. The van der Waals surface area contributed by atoms with E-state index in [1.165, 1.54) is 0 Å². The lowest BCUT2D eigenvalue weighted by atomic mass is 10.2. The van der Waals surface area contributed by atoms with Crippen LogP contribution >= 0.6 is 0 Å². The molecule has 0 fully saturated rings. The first-order valence-electron chi connectivity index (χ1n) is 4.18. The number of rotatable bonds is 2. The van der Waals surface area contributed by atoms with E-state index in [0.29, 0.717) is 5.69 Å². The molecule has 0 aliphatic carbocycles. The summed E-state index contributed by atoms with van der Waals surface area (Å²) >= 11 is 0. The fourth-order valence-electron chi connectivity index (χ4n) is 1.06. The standard InChI is InChI=1S/C11H14N2/c1-4-9(3)13-11-8(2)6-5-7-10(11)12/h4-7H,1,12H2,2-3H3. The molecule has 0 saturated carbocycles. The van der Waals surface area contributed by atoms with Gasteiger partial charge >= 0.3 is 0 Å². The fraction of sp³-hybridized carbons (Fsp3) is 0.182. The summed E-state index contributed by atoms with van der Waals surface area (Å²) < 4.78 is 0. The summed E-state index contributed by atoms with van der Waals surface area (Å²) in [6.45, 7) is 7.54. The fourth-order valence-corrected chi connectivity index (χ4v) is 1.06. The molecule has 68 valence electrons. The van der Waals surface area contributed by atoms with Crippen molar-refractivity contribution in [3.8, 4) is 0 Å². The highest BCUT2D eigenvalue weighted by atomic mass is 14.8. The topological polar surface area (TPSA) is 38.4 Å². The molecule has 1 aromatic carbocycles. The van der Waals surface area contributed by atoms with Crippen molar-refractivity contribution in [2.75, 3.05) is 5.73 Å². The van der Waals surface area contributed by atoms with Crippen LogP contribution in [0.2, 0.25) is 0 Å². The van der Waals surface area contributed by atoms with Gasteiger partial charge in [-0.05, 0) is 31.6 Å². The molecule has 1 rings (SSSR count). The Kier molecular flexibility index (Phi) is 2.85. The Morgan fingerprint density at radius 2 is 2.23 bits per heavy atom. The second kappa shape index (κ2) is 3.90. The normalized spacial score (nSPS) is 11.4. The number of allylic oxidation sites excluding steroid dienone is 1. The van der Waals surface area contributed by atoms with E-state index in [0.717, 1.165) is 17.0 Å². The first-order valence-corrected chi connectivity index (χ1v) is 4.18. The number of para-hydroxylation sites is 1. The molecule has 1 aromatic rings. The average molecular weight is 174 g/mol. The number of nitrogens with two attached hydrogens (primary N) is 1. The van der Waals surface area contributed by atoms with Crippen LogP contribution in [0.5, 0.6) is 0 Å². The highest BCUT2D eigenvalue weighted by Gasteiger charge is 1.99. The van der Waals surface area contributed by atoms with Crippen molar-refractivity contribution >= 4 is 17.1 Å². The van der Waals surface area contributed by atoms with Crippen LogP contribution in [-0.4, -0.2) is 5.71 Å². The van der Waals surface area contributed by atoms with Gasteiger partial charge in [0.05, 0.1) is 11.4 Å². The molecule has 0 atom stereocenters. The molecule has 0 aliphatic heterocycles. The van der Waals surface area contributed by atoms with Crippen molar-refractivity contribution in [2.45, 2.75) is 13.8 Å². The van der Waals surface area contributed by atoms with E-state index in [-0.39, 0.29) is 0 Å². The number of hydrogen-bond donors (Lipinski definition) is 1. The molecule has 0 spiro atoms. The molecule has 2 nitrogen and oxygen atoms in total. The van der Waals surface area contributed by atoms with Crippen LogP contribution in [0.1, 0.15) is 12.5 Å². The van der Waals surface area contributed by atoms with Gasteiger partial charge in [-0.15, -0.1) is 0 Å². The van der Waals surface area contributed by atoms with E-state index in [2.05, 4.69) is 11.6 Å². The maximum Gasteiger partial charge on any atom is 0.0891 e. The van der Waals surface area contributed by atoms with Crippen molar-refractivity contribution in [3.63, 3.8) is 0 Å². The molecule has 13 heavy (non-hydrogen) atoms. The maximum absolute atomic E-state index is 5.78. The zero-order chi connectivity index (χ0) is 9.84. The summed E-state index contributed by atoms with van der Waals surface area (Å²) in [5.74, 6) is 0. The second-order valence-corrected chi connectivity index (χ2v) is 2.97. The molecule has 2 heteroatoms. The predicted octanol–water partition coefficient (Wildman–Crippen LogP) is 2.86. The molecule has 0 aliphatic rings. The minimum absolute atomic E-state index is 0.709. The minimum atomic E-state index is 0.709. The summed E-state index contributed by atoms with van der Waals surface area (Å²) in [6, 6.07) is 5.76. The lowest BCUT2D eigenvalue weighted by molar-refractivity contribution is 1.39. The zero-order valence-electron chi connectivity index (χ0n) is 8.04. The molecule has 0 radical (unpaired) electrons. The van der Waals surface area contributed by atoms with Crippen molar-refractivity contribution in [1.82, 2.24) is 0 Å². The predicted molar refractivity (Wildman–Crippen MR) is 58.6 cm³/mol. The Labute approximate surface area is 78.8 Å². The van der Waals surface area contributed by atoms with Crippen LogP contribution in [0, 0.1) is 6.92 Å². The van der Waals surface area contributed by atoms with E-state index >= 15 is 0 Å². The lowest BCUT2D eigenvalue weighted by Gasteiger charge is -2.03. The van der Waals surface area contributed by atoms with E-state index in [9.17, 15) is 0 Å². The van der Waals surface area contributed by atoms with Gasteiger partial charge in [0.25, 0.3) is 0 Å². The van der Waals surface area contributed by atoms with Gasteiger partial charge in [0.1, 0.15) is 0 Å². The van der Waals surface area contributed by atoms with Crippen LogP contribution in [0.25, 0.3) is 0 Å². The van der Waals surface area contributed by atoms with Crippen molar-refractivity contribution in [2.24, 2.45) is 4.99 Å². The van der Waals surface area contributed by atoms with E-state index in [1.54, 1.807) is 6.08 Å². The van der Waals surface area contributed by atoms with E-state index < -0.39 is 0 Å². The van der Waals surface area contributed by atoms with Gasteiger partial charge in [-0.3, -0.25) is 4.99 Å². The highest BCUT2D eigenvalue weighted by molar-refractivity contribution is 5.95. The van der Waals surface area contributed by atoms with Crippen LogP contribution in [0.15, 0.2) is 35.8 Å². The first kappa shape index (κ1) is 9.52. The summed E-state index contributed by atoms with van der Waals surface area (Å²) in [4.78, 5) is 4.35. The minimum Gasteiger partial charge on any atom is -0.397 e. The second-order valence-electron chi connectivity index (χ2n) is 2.97. The van der Waals surface area contributed by atoms with Gasteiger partial charge in [0.15, 0.2) is 0 Å². The lowest BCUT2D eigenvalue weighted by Crippen LogP contribution is -1.90. The number of nitrogen functional groups attached to an aromatic ring is 1. The molecule has 0 saturated heterocycles. The Morgan fingerprint density at radius 3 is 2.77 bits per heavy atom. The summed E-state index contributed by atoms with van der Waals surface area (Å²) in [6.07, 6.45) is 1.71. The largest absolute Gasteiger partial charge is 0.397 e. The van der Waals surface area contributed by atoms with Gasteiger partial charge in [-0.25, -0.2) is 0 Å². The molecule has 0 heterocycles. The number of aliphatic imine (C=N–C) groups is 1. The first-order chi connectivity index (χ1) is 6.15. The van der Waals surface area contributed by atoms with Crippen LogP contribution in [-0.2, 0) is 0 Å². The molecule has 0 aromatic heterocycles. The Hall–Kier alpha value is -1.57. The van der Waals surface area contributed by atoms with Gasteiger partial charge in [0.2, 0.25) is 0 Å². The number of benzene rings is 1. The molecular weight excluding hydrogens is 160 g/mol. The SMILES string of the molecule is C=CC(C)=Nc1c(C)cccc1N. The summed E-state index contributed by atoms with van der Waals surface area (Å²) in [5.41, 5.74) is 9.30. The van der Waals surface area contributed by atoms with Gasteiger partial charge < -0.3 is 5.73 Å². The van der Waals surface area contributed by atoms with Crippen molar-refractivity contribution in [3.05, 3.63) is 36.4 Å². The highest BCUT2D eigenvalue weighted by Crippen LogP contribution is 2.25. The van der Waals surface area contributed by atoms with Crippen molar-refractivity contribution in [1.29, 1.82) is 0 Å². The smallest absolute Gasteiger partial charge is 0.0891 e. The van der Waals surface area contributed by atoms with Crippen LogP contribution < -0.4 is 5.73 Å². The number of hydrogen-bond acceptors (Lipinski definition) is 2. The Morgan fingerprint density at radius 1 is 1.54 bits per heavy atom. The Balaban J connectivity index is 3.21. The van der Waals surface area contributed by atoms with Crippen LogP contribution in [0.4, 0.5) is 11.4 Å². The van der Waals surface area contributed by atoms with Gasteiger partial charge in [-0.1, -0.05) is 18.7 Å². The third kappa shape index (κ3) is 2.18. The zero-order valence-corrected chi connectivity index (χ0v) is 8.04. The molecule has 0 amide bonds. The van der Waals surface area contributed by atoms with Crippen molar-refractivity contribution < 1.29 is 0 Å². The van der Waals surface area contributed by atoms with Crippen LogP contribution in [0.3, 0.4) is 0 Å². The third-order valence-electron chi connectivity index (χ3n) is 1.85. The van der Waals surface area contributed by atoms with Gasteiger partial charge in [0, 0.05) is 5.71 Å². The third-order valence-corrected chi connectivity index (χ3v) is 1.85. The molecular formula is C11H14N2. The number of anilines is 1. The monoisotopic (exact) mass is 174 g/mol. The summed E-state index contributed by atoms with van der Waals surface area (Å²) in [7, 11) is 0. The molecule has 0 unspecified atom stereocenters. The summed E-state index contributed by atoms with van der Waals surface area (Å²) in [5, 5.41) is 0. The maximum atomic E-state index is 5.78. The molecule has 0 bridgehead atoms. The van der Waals surface area contributed by atoms with E-state index in [1.807, 2.05) is 32.0 Å². The van der Waals surface area contributed by atoms with Gasteiger partial charge in [-0.2, -0.15) is 0 Å².